The number of aryl methyl sites for hydroxylation is 1. The van der Waals surface area contributed by atoms with Gasteiger partial charge in [0.1, 0.15) is 5.75 Å². The van der Waals surface area contributed by atoms with Gasteiger partial charge in [0.2, 0.25) is 10.0 Å². The second-order valence-electron chi connectivity index (χ2n) is 6.54. The van der Waals surface area contributed by atoms with Crippen molar-refractivity contribution in [3.63, 3.8) is 0 Å². The zero-order valence-electron chi connectivity index (χ0n) is 15.4. The molecule has 0 aliphatic rings. The van der Waals surface area contributed by atoms with Crippen LogP contribution in [0.15, 0.2) is 48.7 Å². The quantitative estimate of drug-likeness (QED) is 0.583. The molecule has 4 rings (SSSR count). The van der Waals surface area contributed by atoms with Crippen LogP contribution >= 0.6 is 0 Å². The van der Waals surface area contributed by atoms with E-state index in [1.54, 1.807) is 19.4 Å². The monoisotopic (exact) mass is 383 g/mol. The fraction of sp³-hybridized carbons (Fsp3) is 0.200. The Kier molecular flexibility index (Phi) is 3.92. The smallest absolute Gasteiger partial charge is 0.236 e. The Morgan fingerprint density at radius 2 is 1.85 bits per heavy atom. The number of hydrogen-bond donors (Lipinski definition) is 1. The molecular formula is C20H21N3O3S. The fourth-order valence-corrected chi connectivity index (χ4v) is 4.48. The molecule has 2 aromatic carbocycles. The highest BCUT2D eigenvalue weighted by atomic mass is 32.2. The molecular weight excluding hydrogens is 362 g/mol. The van der Waals surface area contributed by atoms with Crippen LogP contribution in [0.1, 0.15) is 6.92 Å². The van der Waals surface area contributed by atoms with Gasteiger partial charge in [0, 0.05) is 35.1 Å². The van der Waals surface area contributed by atoms with E-state index in [9.17, 15) is 8.42 Å². The molecule has 4 aromatic rings. The number of nitrogen functional groups attached to an aromatic ring is 1. The van der Waals surface area contributed by atoms with Gasteiger partial charge in [-0.3, -0.25) is 0 Å². The lowest BCUT2D eigenvalue weighted by Crippen LogP contribution is -2.08. The Balaban J connectivity index is 1.98. The van der Waals surface area contributed by atoms with E-state index in [0.717, 1.165) is 39.8 Å². The Labute approximate surface area is 157 Å². The maximum Gasteiger partial charge on any atom is 0.236 e. The van der Waals surface area contributed by atoms with Crippen molar-refractivity contribution in [1.29, 1.82) is 0 Å². The van der Waals surface area contributed by atoms with Gasteiger partial charge in [0.15, 0.2) is 0 Å². The van der Waals surface area contributed by atoms with Gasteiger partial charge in [0.25, 0.3) is 0 Å². The second-order valence-corrected chi connectivity index (χ2v) is 8.40. The Bertz CT molecular complexity index is 1280. The van der Waals surface area contributed by atoms with Gasteiger partial charge in [-0.15, -0.1) is 0 Å². The maximum absolute atomic E-state index is 11.9. The summed E-state index contributed by atoms with van der Waals surface area (Å²) >= 11 is 0. The number of fused-ring (bicyclic) bond motifs is 2. The van der Waals surface area contributed by atoms with Crippen LogP contribution in [-0.4, -0.2) is 30.3 Å². The molecule has 2 heterocycles. The molecule has 7 heteroatoms. The van der Waals surface area contributed by atoms with Gasteiger partial charge in [-0.25, -0.2) is 12.4 Å². The number of rotatable bonds is 4. The zero-order valence-corrected chi connectivity index (χ0v) is 16.2. The second kappa shape index (κ2) is 6.06. The Hall–Kier alpha value is -2.93. The summed E-state index contributed by atoms with van der Waals surface area (Å²) in [6.07, 6.45) is 2.77. The Morgan fingerprint density at radius 1 is 1.07 bits per heavy atom. The molecule has 0 fully saturated rings. The summed E-state index contributed by atoms with van der Waals surface area (Å²) < 4.78 is 32.6. The van der Waals surface area contributed by atoms with Crippen molar-refractivity contribution in [1.82, 2.24) is 8.54 Å². The van der Waals surface area contributed by atoms with Crippen LogP contribution in [0.2, 0.25) is 0 Å². The first-order valence-corrected chi connectivity index (χ1v) is 10.5. The zero-order chi connectivity index (χ0) is 19.3. The summed E-state index contributed by atoms with van der Waals surface area (Å²) in [6.45, 7) is 2.82. The summed E-state index contributed by atoms with van der Waals surface area (Å²) in [4.78, 5) is 0. The average Bonchev–Trinajstić information content (AvgIpc) is 3.19. The molecule has 140 valence electrons. The summed E-state index contributed by atoms with van der Waals surface area (Å²) in [7, 11) is -1.70. The lowest BCUT2D eigenvalue weighted by Gasteiger charge is -2.10. The van der Waals surface area contributed by atoms with Crippen LogP contribution < -0.4 is 10.5 Å². The topological polar surface area (TPSA) is 79.2 Å². The summed E-state index contributed by atoms with van der Waals surface area (Å²) in [5.41, 5.74) is 10.7. The first-order valence-electron chi connectivity index (χ1n) is 8.63. The lowest BCUT2D eigenvalue weighted by molar-refractivity contribution is 0.415. The molecule has 0 amide bonds. The van der Waals surface area contributed by atoms with Crippen molar-refractivity contribution in [2.24, 2.45) is 0 Å². The van der Waals surface area contributed by atoms with E-state index in [1.165, 1.54) is 10.2 Å². The molecule has 0 spiro atoms. The van der Waals surface area contributed by atoms with E-state index < -0.39 is 10.0 Å². The predicted molar refractivity (Wildman–Crippen MR) is 110 cm³/mol. The summed E-state index contributed by atoms with van der Waals surface area (Å²) in [5, 5.41) is 1.82. The number of aromatic nitrogens is 2. The van der Waals surface area contributed by atoms with Crippen molar-refractivity contribution in [2.75, 3.05) is 19.1 Å². The van der Waals surface area contributed by atoms with E-state index in [2.05, 4.69) is 11.5 Å². The Morgan fingerprint density at radius 3 is 2.52 bits per heavy atom. The van der Waals surface area contributed by atoms with Crippen LogP contribution in [0, 0.1) is 0 Å². The average molecular weight is 383 g/mol. The van der Waals surface area contributed by atoms with E-state index in [0.29, 0.717) is 11.2 Å². The molecule has 0 radical (unpaired) electrons. The third kappa shape index (κ3) is 2.66. The molecule has 0 bridgehead atoms. The molecule has 0 atom stereocenters. The minimum atomic E-state index is -3.34. The molecule has 0 aliphatic heterocycles. The van der Waals surface area contributed by atoms with Crippen molar-refractivity contribution in [3.05, 3.63) is 48.7 Å². The maximum atomic E-state index is 11.9. The summed E-state index contributed by atoms with van der Waals surface area (Å²) in [6, 6.07) is 13.4. The lowest BCUT2D eigenvalue weighted by atomic mass is 10.1. The highest BCUT2D eigenvalue weighted by Crippen LogP contribution is 2.38. The highest BCUT2D eigenvalue weighted by molar-refractivity contribution is 7.89. The molecule has 0 saturated heterocycles. The number of hydrogen-bond acceptors (Lipinski definition) is 4. The van der Waals surface area contributed by atoms with E-state index in [1.807, 2.05) is 36.4 Å². The van der Waals surface area contributed by atoms with Crippen molar-refractivity contribution in [2.45, 2.75) is 13.5 Å². The van der Waals surface area contributed by atoms with Crippen LogP contribution in [-0.2, 0) is 16.6 Å². The van der Waals surface area contributed by atoms with Crippen LogP contribution in [0.3, 0.4) is 0 Å². The predicted octanol–water partition coefficient (Wildman–Crippen LogP) is 3.68. The third-order valence-corrected chi connectivity index (χ3v) is 5.95. The van der Waals surface area contributed by atoms with Crippen molar-refractivity contribution >= 4 is 37.5 Å². The van der Waals surface area contributed by atoms with Gasteiger partial charge < -0.3 is 15.0 Å². The van der Waals surface area contributed by atoms with Crippen molar-refractivity contribution < 1.29 is 13.2 Å². The summed E-state index contributed by atoms with van der Waals surface area (Å²) in [5.74, 6) is 0.780. The number of nitrogens with two attached hydrogens (primary N) is 1. The SMILES string of the molecule is CCn1c(-c2ccc3c(ccn3S(C)(=O)=O)c2)c(N)c2ccc(OC)cc21. The first-order chi connectivity index (χ1) is 12.8. The molecule has 6 nitrogen and oxygen atoms in total. The molecule has 27 heavy (non-hydrogen) atoms. The fourth-order valence-electron chi connectivity index (χ4n) is 3.68. The number of nitrogens with zero attached hydrogens (tertiary/aromatic N) is 2. The van der Waals surface area contributed by atoms with Crippen LogP contribution in [0.25, 0.3) is 33.1 Å². The molecule has 0 saturated carbocycles. The minimum Gasteiger partial charge on any atom is -0.497 e. The number of ether oxygens (including phenoxy) is 1. The van der Waals surface area contributed by atoms with Gasteiger partial charge in [-0.05, 0) is 37.3 Å². The van der Waals surface area contributed by atoms with Crippen LogP contribution in [0.4, 0.5) is 5.69 Å². The molecule has 2 N–H and O–H groups in total. The van der Waals surface area contributed by atoms with E-state index >= 15 is 0 Å². The van der Waals surface area contributed by atoms with Gasteiger partial charge in [-0.2, -0.15) is 0 Å². The minimum absolute atomic E-state index is 0.653. The molecule has 0 aliphatic carbocycles. The molecule has 0 unspecified atom stereocenters. The first kappa shape index (κ1) is 17.5. The highest BCUT2D eigenvalue weighted by Gasteiger charge is 2.18. The van der Waals surface area contributed by atoms with Gasteiger partial charge in [0.05, 0.1) is 35.8 Å². The van der Waals surface area contributed by atoms with Crippen LogP contribution in [0.5, 0.6) is 5.75 Å². The van der Waals surface area contributed by atoms with E-state index in [-0.39, 0.29) is 0 Å². The van der Waals surface area contributed by atoms with Crippen molar-refractivity contribution in [3.8, 4) is 17.0 Å². The number of anilines is 1. The normalized spacial score (nSPS) is 12.1. The van der Waals surface area contributed by atoms with E-state index in [4.69, 9.17) is 10.5 Å². The largest absolute Gasteiger partial charge is 0.497 e. The third-order valence-electron chi connectivity index (χ3n) is 4.91. The number of benzene rings is 2. The molecule has 2 aromatic heterocycles. The van der Waals surface area contributed by atoms with Gasteiger partial charge in [-0.1, -0.05) is 6.07 Å². The number of methoxy groups -OCH3 is 1. The standard InChI is InChI=1S/C20H21N3O3S/c1-4-22-18-12-15(26-2)6-7-16(18)19(21)20(22)14-5-8-17-13(11-14)9-10-23(17)27(3,24)25/h5-12H,4,21H2,1-3H3. The van der Waals surface area contributed by atoms with Gasteiger partial charge >= 0.3 is 0 Å².